The number of thiophene rings is 9. The first-order chi connectivity index (χ1) is 33.2. The van der Waals surface area contributed by atoms with Crippen molar-refractivity contribution < 1.29 is 0 Å². The van der Waals surface area contributed by atoms with Gasteiger partial charge in [-0.1, -0.05) is 0 Å². The van der Waals surface area contributed by atoms with Crippen LogP contribution in [0.25, 0.3) is 58.5 Å². The summed E-state index contributed by atoms with van der Waals surface area (Å²) in [6.07, 6.45) is 0. The van der Waals surface area contributed by atoms with Crippen molar-refractivity contribution in [3.63, 3.8) is 0 Å². The second kappa shape index (κ2) is 17.7. The maximum Gasteiger partial charge on any atom is 0.104 e. The minimum Gasteiger partial charge on any atom is -0.396 e. The molecule has 0 unspecified atom stereocenters. The van der Waals surface area contributed by atoms with Crippen LogP contribution in [0.4, 0.5) is 68.2 Å². The first kappa shape index (κ1) is 45.1. The van der Waals surface area contributed by atoms with Crippen LogP contribution in [-0.4, -0.2) is 0 Å². The van der Waals surface area contributed by atoms with E-state index in [2.05, 4.69) is 71.0 Å². The molecular weight excluding hydrogens is 1030 g/mol. The minimum absolute atomic E-state index is 0.371. The van der Waals surface area contributed by atoms with E-state index >= 15 is 0 Å². The molecule has 9 aromatic heterocycles. The Kier molecular flexibility index (Phi) is 11.6. The van der Waals surface area contributed by atoms with Crippen LogP contribution in [0, 0.1) is 71.0 Å². The van der Waals surface area contributed by atoms with Crippen LogP contribution in [0.5, 0.6) is 0 Å². The van der Waals surface area contributed by atoms with E-state index in [4.69, 9.17) is 68.8 Å². The van der Waals surface area contributed by atoms with Crippen LogP contribution in [0.2, 0.25) is 0 Å². The van der Waals surface area contributed by atoms with Gasteiger partial charge in [0, 0.05) is 29.3 Å². The molecule has 69 heavy (non-hydrogen) atoms. The molecule has 9 aromatic rings. The lowest BCUT2D eigenvalue weighted by atomic mass is 10.2. The van der Waals surface area contributed by atoms with Crippen molar-refractivity contribution in [2.75, 3.05) is 68.8 Å². The second-order valence-corrected chi connectivity index (χ2v) is 23.9. The molecule has 1 aliphatic heterocycles. The Bertz CT molecular complexity index is 3390. The van der Waals surface area contributed by atoms with E-state index < -0.39 is 0 Å². The number of hydrogen-bond donors (Lipinski definition) is 12. The molecule has 0 saturated carbocycles. The fourth-order valence-corrected chi connectivity index (χ4v) is 16.4. The zero-order valence-electron chi connectivity index (χ0n) is 35.1. The topological polar surface area (TPSA) is 312 Å². The highest BCUT2D eigenvalue weighted by atomic mass is 32.1. The first-order valence-electron chi connectivity index (χ1n) is 19.6. The molecule has 0 fully saturated rings. The molecule has 18 bridgehead atoms. The minimum atomic E-state index is 0.371. The molecule has 0 atom stereocenters. The van der Waals surface area contributed by atoms with Gasteiger partial charge in [0.2, 0.25) is 0 Å². The van der Waals surface area contributed by atoms with Gasteiger partial charge in [0.1, 0.15) is 29.3 Å². The molecule has 10 rings (SSSR count). The Hall–Kier alpha value is -7.74. The molecule has 0 amide bonds. The average Bonchev–Trinajstić information content (AvgIpc) is 4.25. The maximum atomic E-state index is 6.54. The third kappa shape index (κ3) is 7.96. The van der Waals surface area contributed by atoms with Crippen LogP contribution < -0.4 is 68.8 Å². The third-order valence-corrected chi connectivity index (χ3v) is 21.5. The lowest BCUT2D eigenvalue weighted by Gasteiger charge is -1.97. The van der Waals surface area contributed by atoms with E-state index in [1.54, 1.807) is 0 Å². The van der Waals surface area contributed by atoms with Gasteiger partial charge < -0.3 is 68.8 Å². The smallest absolute Gasteiger partial charge is 0.104 e. The molecule has 0 aliphatic carbocycles. The van der Waals surface area contributed by atoms with Crippen molar-refractivity contribution in [2.24, 2.45) is 0 Å². The highest BCUT2D eigenvalue weighted by Crippen LogP contribution is 2.52. The Labute approximate surface area is 430 Å². The normalized spacial score (nSPS) is 11.3. The van der Waals surface area contributed by atoms with Crippen LogP contribution >= 0.6 is 102 Å². The Morgan fingerprint density at radius 3 is 0.493 bits per heavy atom. The summed E-state index contributed by atoms with van der Waals surface area (Å²) in [6, 6.07) is 11.8. The van der Waals surface area contributed by atoms with Crippen molar-refractivity contribution in [3.05, 3.63) is 65.7 Å². The number of fused-ring (bicyclic) bond motifs is 24. The summed E-state index contributed by atoms with van der Waals surface area (Å²) >= 11 is 12.7. The van der Waals surface area contributed by atoms with Gasteiger partial charge >= 0.3 is 0 Å². The molecule has 21 heteroatoms. The number of nitrogen functional groups attached to an aromatic ring is 12. The molecule has 0 saturated heterocycles. The summed E-state index contributed by atoms with van der Waals surface area (Å²) in [7, 11) is 0. The van der Waals surface area contributed by atoms with Crippen molar-refractivity contribution in [3.8, 4) is 130 Å². The summed E-state index contributed by atoms with van der Waals surface area (Å²) in [5, 5.41) is 0. The van der Waals surface area contributed by atoms with E-state index in [1.165, 1.54) is 102 Å². The zero-order chi connectivity index (χ0) is 48.4. The molecule has 0 spiro atoms. The van der Waals surface area contributed by atoms with Gasteiger partial charge in [0.05, 0.1) is 97.5 Å². The Balaban J connectivity index is 1.03. The second-order valence-electron chi connectivity index (χ2n) is 14.5. The van der Waals surface area contributed by atoms with Gasteiger partial charge in [-0.05, 0) is 107 Å². The van der Waals surface area contributed by atoms with Gasteiger partial charge in [-0.15, -0.1) is 102 Å². The Morgan fingerprint density at radius 1 is 0.203 bits per heavy atom. The fourth-order valence-electron chi connectivity index (χ4n) is 6.67. The molecular formula is C48H30N12S9. The van der Waals surface area contributed by atoms with Crippen LogP contribution in [0.1, 0.15) is 29.3 Å². The summed E-state index contributed by atoms with van der Waals surface area (Å²) in [5.41, 5.74) is 82.8. The van der Waals surface area contributed by atoms with Gasteiger partial charge in [-0.3, -0.25) is 0 Å². The SMILES string of the molecule is Nc1c2sc(c1N)-c1ccc(s1)-c1sc(c(N)c1N)C#CC#Cc1sc(c(N)c1N)-c1ccc(s1)-c1sc(c(N)c1N)C#CC#Cc1sc(c(N)c1N)-c1ccc(s1)-c1sc(c(N)c1N)C#CC#C2. The molecule has 336 valence electrons. The predicted molar refractivity (Wildman–Crippen MR) is 307 cm³/mol. The molecule has 24 N–H and O–H groups in total. The van der Waals surface area contributed by atoms with Crippen LogP contribution in [0.15, 0.2) is 36.4 Å². The van der Waals surface area contributed by atoms with Gasteiger partial charge in [-0.2, -0.15) is 0 Å². The van der Waals surface area contributed by atoms with E-state index in [-0.39, 0.29) is 0 Å². The van der Waals surface area contributed by atoms with Crippen LogP contribution in [-0.2, 0) is 0 Å². The highest BCUT2D eigenvalue weighted by molar-refractivity contribution is 7.29. The predicted octanol–water partition coefficient (Wildman–Crippen LogP) is 9.75. The largest absolute Gasteiger partial charge is 0.396 e. The van der Waals surface area contributed by atoms with E-state index in [9.17, 15) is 0 Å². The molecule has 12 nitrogen and oxygen atoms in total. The number of hydrogen-bond acceptors (Lipinski definition) is 21. The van der Waals surface area contributed by atoms with E-state index in [0.29, 0.717) is 97.5 Å². The van der Waals surface area contributed by atoms with Gasteiger partial charge in [0.15, 0.2) is 0 Å². The Morgan fingerprint density at radius 2 is 0.348 bits per heavy atom. The lowest BCUT2D eigenvalue weighted by molar-refractivity contribution is 1.77. The summed E-state index contributed by atoms with van der Waals surface area (Å²) in [6.45, 7) is 0. The lowest BCUT2D eigenvalue weighted by Crippen LogP contribution is -1.92. The van der Waals surface area contributed by atoms with E-state index in [0.717, 1.165) is 58.5 Å². The quantitative estimate of drug-likeness (QED) is 0.0632. The summed E-state index contributed by atoms with van der Waals surface area (Å²) in [5.74, 6) is 35.8. The zero-order valence-corrected chi connectivity index (χ0v) is 42.4. The van der Waals surface area contributed by atoms with E-state index in [1.807, 2.05) is 36.4 Å². The first-order valence-corrected chi connectivity index (χ1v) is 27.0. The summed E-state index contributed by atoms with van der Waals surface area (Å²) < 4.78 is 0. The maximum absolute atomic E-state index is 6.54. The van der Waals surface area contributed by atoms with Gasteiger partial charge in [0.25, 0.3) is 0 Å². The molecule has 0 aromatic carbocycles. The average molecular weight is 1060 g/mol. The highest BCUT2D eigenvalue weighted by Gasteiger charge is 2.23. The van der Waals surface area contributed by atoms with Gasteiger partial charge in [-0.25, -0.2) is 0 Å². The van der Waals surface area contributed by atoms with Crippen molar-refractivity contribution in [1.29, 1.82) is 0 Å². The van der Waals surface area contributed by atoms with Crippen molar-refractivity contribution >= 4 is 170 Å². The monoisotopic (exact) mass is 1060 g/mol. The number of nitrogens with two attached hydrogens (primary N) is 12. The standard InChI is InChI=1S/C48H30N12S9/c49-31-19-7-1-2-8-20-32(50)38(56)44(65-20)26-15-16-28(62-26)46-40(58)34(52)22(67-46)10-5-6-12-24-36(54)42(60)48(69-24)30-18-17-29(63-30)47-41(59)35(53)23(68-47)11-4-3-9-21-33(51)39(57)45(66-21)27-14-13-25(61-27)43(64-19)37(31)55/h13-18H,49-60H2. The third-order valence-electron chi connectivity index (χ3n) is 10.3. The number of anilines is 12. The molecule has 10 heterocycles. The van der Waals surface area contributed by atoms with Crippen molar-refractivity contribution in [2.45, 2.75) is 0 Å². The van der Waals surface area contributed by atoms with Crippen LogP contribution in [0.3, 0.4) is 0 Å². The van der Waals surface area contributed by atoms with Crippen molar-refractivity contribution in [1.82, 2.24) is 0 Å². The fraction of sp³-hybridized carbons (Fsp3) is 0. The molecule has 0 radical (unpaired) electrons. The molecule has 1 aliphatic rings. The number of rotatable bonds is 0. The summed E-state index contributed by atoms with van der Waals surface area (Å²) in [4.78, 5) is 13.4.